The molecule has 1 aromatic rings. The van der Waals surface area contributed by atoms with Crippen LogP contribution >= 0.6 is 0 Å². The molecule has 0 aliphatic carbocycles. The standard InChI is InChI=1S/C14H24N2O3Si/c1-18-10-11-6-5-8-16(11)15-14(17)13-12(7-9-19-13)20(2,3)4/h7,9,11H,5-6,8,10H2,1-4H3,(H,15,17). The summed E-state index contributed by atoms with van der Waals surface area (Å²) in [5.41, 5.74) is 2.97. The fourth-order valence-electron chi connectivity index (χ4n) is 2.61. The maximum atomic E-state index is 12.4. The zero-order valence-electron chi connectivity index (χ0n) is 12.7. The lowest BCUT2D eigenvalue weighted by Crippen LogP contribution is -2.49. The third-order valence-corrected chi connectivity index (χ3v) is 5.67. The van der Waals surface area contributed by atoms with Crippen LogP contribution in [0.1, 0.15) is 23.4 Å². The average molecular weight is 296 g/mol. The monoisotopic (exact) mass is 296 g/mol. The Morgan fingerprint density at radius 2 is 2.30 bits per heavy atom. The van der Waals surface area contributed by atoms with Crippen LogP contribution in [-0.4, -0.2) is 45.3 Å². The van der Waals surface area contributed by atoms with Crippen molar-refractivity contribution in [3.05, 3.63) is 18.1 Å². The van der Waals surface area contributed by atoms with Crippen LogP contribution < -0.4 is 10.6 Å². The molecule has 0 radical (unpaired) electrons. The first-order chi connectivity index (χ1) is 9.43. The molecule has 1 N–H and O–H groups in total. The van der Waals surface area contributed by atoms with E-state index in [1.54, 1.807) is 13.4 Å². The minimum atomic E-state index is -1.57. The van der Waals surface area contributed by atoms with Gasteiger partial charge in [-0.25, -0.2) is 5.01 Å². The highest BCUT2D eigenvalue weighted by Crippen LogP contribution is 2.16. The molecule has 6 heteroatoms. The molecule has 1 saturated heterocycles. The number of rotatable bonds is 5. The number of ether oxygens (including phenoxy) is 1. The molecule has 1 atom stereocenters. The summed E-state index contributed by atoms with van der Waals surface area (Å²) >= 11 is 0. The van der Waals surface area contributed by atoms with Gasteiger partial charge in [-0.2, -0.15) is 0 Å². The number of carbonyl (C=O) groups is 1. The van der Waals surface area contributed by atoms with E-state index in [-0.39, 0.29) is 11.9 Å². The second-order valence-corrected chi connectivity index (χ2v) is 11.3. The van der Waals surface area contributed by atoms with Crippen molar-refractivity contribution >= 4 is 19.2 Å². The Labute approximate surface area is 121 Å². The van der Waals surface area contributed by atoms with Gasteiger partial charge in [0.05, 0.1) is 27.0 Å². The fraction of sp³-hybridized carbons (Fsp3) is 0.643. The second kappa shape index (κ2) is 6.11. The highest BCUT2D eigenvalue weighted by molar-refractivity contribution is 6.89. The van der Waals surface area contributed by atoms with Gasteiger partial charge >= 0.3 is 5.91 Å². The topological polar surface area (TPSA) is 54.7 Å². The summed E-state index contributed by atoms with van der Waals surface area (Å²) in [5.74, 6) is 0.322. The maximum Gasteiger partial charge on any atom is 0.301 e. The first-order valence-electron chi connectivity index (χ1n) is 7.08. The summed E-state index contributed by atoms with van der Waals surface area (Å²) in [6.45, 7) is 8.12. The fourth-order valence-corrected chi connectivity index (χ4v) is 4.03. The van der Waals surface area contributed by atoms with Crippen molar-refractivity contribution in [2.24, 2.45) is 0 Å². The third-order valence-electron chi connectivity index (χ3n) is 3.66. The van der Waals surface area contributed by atoms with Gasteiger partial charge in [0, 0.05) is 13.7 Å². The van der Waals surface area contributed by atoms with Crippen LogP contribution in [0.4, 0.5) is 0 Å². The number of hydrogen-bond donors (Lipinski definition) is 1. The predicted molar refractivity (Wildman–Crippen MR) is 80.8 cm³/mol. The van der Waals surface area contributed by atoms with Gasteiger partial charge in [-0.05, 0) is 24.1 Å². The van der Waals surface area contributed by atoms with E-state index in [0.717, 1.165) is 24.6 Å². The van der Waals surface area contributed by atoms with E-state index in [0.29, 0.717) is 12.4 Å². The first-order valence-corrected chi connectivity index (χ1v) is 10.6. The van der Waals surface area contributed by atoms with Crippen LogP contribution in [0.2, 0.25) is 19.6 Å². The van der Waals surface area contributed by atoms with Crippen LogP contribution in [0.5, 0.6) is 0 Å². The molecule has 1 aliphatic rings. The Kier molecular flexibility index (Phi) is 4.67. The predicted octanol–water partition coefficient (Wildman–Crippen LogP) is 1.58. The molecule has 2 heterocycles. The number of nitrogens with zero attached hydrogens (tertiary/aromatic N) is 1. The largest absolute Gasteiger partial charge is 0.459 e. The summed E-state index contributed by atoms with van der Waals surface area (Å²) in [6, 6.07) is 2.19. The minimum absolute atomic E-state index is 0.143. The van der Waals surface area contributed by atoms with Gasteiger partial charge in [-0.15, -0.1) is 0 Å². The van der Waals surface area contributed by atoms with E-state index in [1.807, 2.05) is 11.1 Å². The van der Waals surface area contributed by atoms with Crippen LogP contribution in [0.25, 0.3) is 0 Å². The Morgan fingerprint density at radius 3 is 2.95 bits per heavy atom. The molecule has 1 fully saturated rings. The molecule has 0 aromatic carbocycles. The van der Waals surface area contributed by atoms with Crippen molar-refractivity contribution in [3.8, 4) is 0 Å². The summed E-state index contributed by atoms with van der Waals surface area (Å²) in [4.78, 5) is 12.4. The van der Waals surface area contributed by atoms with Crippen LogP contribution in [0.3, 0.4) is 0 Å². The van der Waals surface area contributed by atoms with Crippen LogP contribution in [-0.2, 0) is 4.74 Å². The zero-order valence-corrected chi connectivity index (χ0v) is 13.7. The van der Waals surface area contributed by atoms with Crippen molar-refractivity contribution in [1.29, 1.82) is 0 Å². The highest BCUT2D eigenvalue weighted by Gasteiger charge is 2.30. The van der Waals surface area contributed by atoms with Gasteiger partial charge < -0.3 is 9.15 Å². The molecule has 112 valence electrons. The first kappa shape index (κ1) is 15.3. The lowest BCUT2D eigenvalue weighted by Gasteiger charge is -2.24. The second-order valence-electron chi connectivity index (χ2n) is 6.30. The van der Waals surface area contributed by atoms with E-state index in [2.05, 4.69) is 25.1 Å². The smallest absolute Gasteiger partial charge is 0.301 e. The summed E-state index contributed by atoms with van der Waals surface area (Å²) in [6.07, 6.45) is 3.74. The number of hydrazine groups is 1. The normalized spacial score (nSPS) is 20.3. The van der Waals surface area contributed by atoms with E-state index >= 15 is 0 Å². The highest BCUT2D eigenvalue weighted by atomic mass is 28.3. The van der Waals surface area contributed by atoms with E-state index < -0.39 is 8.07 Å². The number of nitrogens with one attached hydrogen (secondary N) is 1. The zero-order chi connectivity index (χ0) is 14.8. The molecule has 1 aromatic heterocycles. The number of furan rings is 1. The molecule has 1 amide bonds. The Morgan fingerprint density at radius 1 is 1.55 bits per heavy atom. The molecule has 0 bridgehead atoms. The Balaban J connectivity index is 2.07. The molecule has 1 aliphatic heterocycles. The summed E-state index contributed by atoms with van der Waals surface area (Å²) in [5, 5.41) is 3.04. The van der Waals surface area contributed by atoms with E-state index in [4.69, 9.17) is 9.15 Å². The SMILES string of the molecule is COCC1CCCN1NC(=O)c1occc1[Si](C)(C)C. The Hall–Kier alpha value is -1.11. The van der Waals surface area contributed by atoms with Crippen molar-refractivity contribution in [1.82, 2.24) is 10.4 Å². The third kappa shape index (κ3) is 3.31. The molecule has 2 rings (SSSR count). The van der Waals surface area contributed by atoms with Crippen molar-refractivity contribution < 1.29 is 13.9 Å². The van der Waals surface area contributed by atoms with Crippen molar-refractivity contribution in [2.75, 3.05) is 20.3 Å². The quantitative estimate of drug-likeness (QED) is 0.838. The molecule has 0 spiro atoms. The number of carbonyl (C=O) groups excluding carboxylic acids is 1. The summed E-state index contributed by atoms with van der Waals surface area (Å²) in [7, 11) is 0.114. The van der Waals surface area contributed by atoms with E-state index in [9.17, 15) is 4.79 Å². The van der Waals surface area contributed by atoms with Crippen molar-refractivity contribution in [3.63, 3.8) is 0 Å². The molecular formula is C14H24N2O3Si. The number of amides is 1. The van der Waals surface area contributed by atoms with Gasteiger partial charge in [-0.3, -0.25) is 10.2 Å². The minimum Gasteiger partial charge on any atom is -0.459 e. The summed E-state index contributed by atoms with van der Waals surface area (Å²) < 4.78 is 10.6. The Bertz CT molecular complexity index is 467. The van der Waals surface area contributed by atoms with Crippen molar-refractivity contribution in [2.45, 2.75) is 38.5 Å². The van der Waals surface area contributed by atoms with Gasteiger partial charge in [-0.1, -0.05) is 19.6 Å². The molecular weight excluding hydrogens is 272 g/mol. The molecule has 0 saturated carbocycles. The number of hydrogen-bond acceptors (Lipinski definition) is 4. The molecule has 1 unspecified atom stereocenters. The van der Waals surface area contributed by atoms with E-state index in [1.165, 1.54) is 0 Å². The lowest BCUT2D eigenvalue weighted by molar-refractivity contribution is 0.0590. The molecule has 5 nitrogen and oxygen atoms in total. The number of methoxy groups -OCH3 is 1. The van der Waals surface area contributed by atoms with Gasteiger partial charge in [0.25, 0.3) is 0 Å². The maximum absolute atomic E-state index is 12.4. The average Bonchev–Trinajstić information content (AvgIpc) is 2.98. The van der Waals surface area contributed by atoms with Gasteiger partial charge in [0.2, 0.25) is 0 Å². The van der Waals surface area contributed by atoms with Gasteiger partial charge in [0.1, 0.15) is 0 Å². The lowest BCUT2D eigenvalue weighted by atomic mass is 10.2. The van der Waals surface area contributed by atoms with Gasteiger partial charge in [0.15, 0.2) is 5.76 Å². The molecule has 20 heavy (non-hydrogen) atoms. The van der Waals surface area contributed by atoms with Crippen LogP contribution in [0, 0.1) is 0 Å². The van der Waals surface area contributed by atoms with Crippen LogP contribution in [0.15, 0.2) is 16.7 Å².